The molecule has 3 rings (SSSR count). The average molecular weight is 394 g/mol. The monoisotopic (exact) mass is 394 g/mol. The van der Waals surface area contributed by atoms with E-state index in [4.69, 9.17) is 17.0 Å². The first-order valence-electron chi connectivity index (χ1n) is 9.14. The fourth-order valence-corrected chi connectivity index (χ4v) is 3.21. The molecule has 1 aliphatic rings. The van der Waals surface area contributed by atoms with Gasteiger partial charge in [-0.05, 0) is 48.5 Å². The summed E-state index contributed by atoms with van der Waals surface area (Å²) in [6, 6.07) is 11.6. The zero-order valence-corrected chi connectivity index (χ0v) is 16.7. The lowest BCUT2D eigenvalue weighted by atomic mass is 9.99. The van der Waals surface area contributed by atoms with Crippen molar-refractivity contribution in [2.75, 3.05) is 6.54 Å². The molecule has 5 nitrogen and oxygen atoms in total. The molecule has 0 unspecified atom stereocenters. The van der Waals surface area contributed by atoms with E-state index >= 15 is 0 Å². The number of rotatable bonds is 6. The maximum absolute atomic E-state index is 12.9. The molecule has 1 aliphatic heterocycles. The number of nitrogens with one attached hydrogen (secondary N) is 1. The number of amides is 2. The predicted octanol–water partition coefficient (Wildman–Crippen LogP) is 3.83. The van der Waals surface area contributed by atoms with Crippen molar-refractivity contribution in [3.8, 4) is 5.75 Å². The van der Waals surface area contributed by atoms with Crippen molar-refractivity contribution < 1.29 is 14.3 Å². The van der Waals surface area contributed by atoms with E-state index in [-0.39, 0.29) is 23.3 Å². The van der Waals surface area contributed by atoms with Crippen LogP contribution >= 0.6 is 12.2 Å². The van der Waals surface area contributed by atoms with Crippen LogP contribution in [0.5, 0.6) is 5.75 Å². The van der Waals surface area contributed by atoms with Crippen LogP contribution in [0.1, 0.15) is 25.8 Å². The number of hydrogen-bond donors (Lipinski definition) is 1. The third kappa shape index (κ3) is 3.82. The maximum atomic E-state index is 12.9. The van der Waals surface area contributed by atoms with Crippen LogP contribution < -0.4 is 10.1 Å². The zero-order valence-electron chi connectivity index (χ0n) is 15.9. The third-order valence-electron chi connectivity index (χ3n) is 4.62. The van der Waals surface area contributed by atoms with E-state index in [1.807, 2.05) is 50.2 Å². The van der Waals surface area contributed by atoms with Gasteiger partial charge in [-0.3, -0.25) is 19.8 Å². The lowest BCUT2D eigenvalue weighted by Gasteiger charge is -2.28. The molecule has 6 heteroatoms. The van der Waals surface area contributed by atoms with Gasteiger partial charge in [-0.1, -0.05) is 43.3 Å². The molecule has 1 heterocycles. The number of ether oxygens (including phenoxy) is 1. The summed E-state index contributed by atoms with van der Waals surface area (Å²) < 4.78 is 6.07. The Bertz CT molecular complexity index is 996. The van der Waals surface area contributed by atoms with Crippen LogP contribution in [0, 0.1) is 0 Å². The Labute approximate surface area is 169 Å². The van der Waals surface area contributed by atoms with Gasteiger partial charge in [0.25, 0.3) is 11.8 Å². The normalized spacial score (nSPS) is 17.0. The Kier molecular flexibility index (Phi) is 5.90. The summed E-state index contributed by atoms with van der Waals surface area (Å²) in [4.78, 5) is 26.7. The van der Waals surface area contributed by atoms with Gasteiger partial charge < -0.3 is 4.74 Å². The number of hydrogen-bond acceptors (Lipinski definition) is 4. The summed E-state index contributed by atoms with van der Waals surface area (Å²) in [5.41, 5.74) is 0.712. The summed E-state index contributed by atoms with van der Waals surface area (Å²) in [5, 5.41) is 4.56. The van der Waals surface area contributed by atoms with Crippen LogP contribution in [-0.2, 0) is 9.59 Å². The summed E-state index contributed by atoms with van der Waals surface area (Å²) in [7, 11) is 0. The molecule has 1 atom stereocenters. The number of carbonyl (C=O) groups is 2. The Morgan fingerprint density at radius 2 is 2.00 bits per heavy atom. The largest absolute Gasteiger partial charge is 0.490 e. The first-order valence-corrected chi connectivity index (χ1v) is 9.55. The zero-order chi connectivity index (χ0) is 20.3. The van der Waals surface area contributed by atoms with Gasteiger partial charge in [0.1, 0.15) is 11.3 Å². The smallest absolute Gasteiger partial charge is 0.265 e. The molecule has 0 aliphatic carbocycles. The van der Waals surface area contributed by atoms with Gasteiger partial charge in [-0.15, -0.1) is 6.58 Å². The van der Waals surface area contributed by atoms with Crippen LogP contribution in [0.3, 0.4) is 0 Å². The van der Waals surface area contributed by atoms with Gasteiger partial charge in [0, 0.05) is 12.1 Å². The number of carbonyl (C=O) groups excluding carboxylic acids is 2. The molecule has 28 heavy (non-hydrogen) atoms. The molecule has 1 saturated heterocycles. The van der Waals surface area contributed by atoms with Gasteiger partial charge in [0.2, 0.25) is 0 Å². The molecule has 0 bridgehead atoms. The molecule has 2 aromatic carbocycles. The number of thiocarbonyl (C=S) groups is 1. The number of fused-ring (bicyclic) bond motifs is 1. The van der Waals surface area contributed by atoms with Crippen LogP contribution in [0.15, 0.2) is 54.6 Å². The minimum absolute atomic E-state index is 0.000891. The van der Waals surface area contributed by atoms with Crippen molar-refractivity contribution in [2.24, 2.45) is 0 Å². The molecular formula is C22H22N2O3S. The quantitative estimate of drug-likeness (QED) is 0.350. The van der Waals surface area contributed by atoms with E-state index in [2.05, 4.69) is 11.9 Å². The van der Waals surface area contributed by atoms with Crippen molar-refractivity contribution in [3.05, 3.63) is 60.2 Å². The second kappa shape index (κ2) is 8.35. The highest BCUT2D eigenvalue weighted by Crippen LogP contribution is 2.32. The van der Waals surface area contributed by atoms with Crippen molar-refractivity contribution >= 4 is 46.0 Å². The van der Waals surface area contributed by atoms with Crippen molar-refractivity contribution in [2.45, 2.75) is 26.4 Å². The minimum atomic E-state index is -0.516. The molecule has 0 aromatic heterocycles. The predicted molar refractivity (Wildman–Crippen MR) is 115 cm³/mol. The van der Waals surface area contributed by atoms with Gasteiger partial charge in [-0.2, -0.15) is 0 Å². The average Bonchev–Trinajstić information content (AvgIpc) is 2.69. The van der Waals surface area contributed by atoms with E-state index in [9.17, 15) is 9.59 Å². The Morgan fingerprint density at radius 3 is 2.71 bits per heavy atom. The molecule has 2 aromatic rings. The van der Waals surface area contributed by atoms with Gasteiger partial charge in [0.05, 0.1) is 6.10 Å². The lowest BCUT2D eigenvalue weighted by molar-refractivity contribution is -0.128. The highest BCUT2D eigenvalue weighted by Gasteiger charge is 2.33. The molecule has 0 spiro atoms. The highest BCUT2D eigenvalue weighted by atomic mass is 32.1. The molecule has 1 N–H and O–H groups in total. The standard InChI is InChI=1S/C22H22N2O3S/c1-4-12-24-21(26)18(20(25)23-22(24)28)13-17-16-9-7-6-8-15(16)10-11-19(17)27-14(3)5-2/h4,6-11,13-14H,1,5,12H2,2-3H3,(H,23,25,28)/b18-13+/t14-/m0/s1. The minimum Gasteiger partial charge on any atom is -0.490 e. The Morgan fingerprint density at radius 1 is 1.25 bits per heavy atom. The van der Waals surface area contributed by atoms with Crippen LogP contribution in [-0.4, -0.2) is 34.5 Å². The second-order valence-electron chi connectivity index (χ2n) is 6.56. The first kappa shape index (κ1) is 19.8. The Balaban J connectivity index is 2.16. The van der Waals surface area contributed by atoms with Gasteiger partial charge >= 0.3 is 0 Å². The fourth-order valence-electron chi connectivity index (χ4n) is 2.96. The van der Waals surface area contributed by atoms with Crippen molar-refractivity contribution in [1.82, 2.24) is 10.2 Å². The van der Waals surface area contributed by atoms with Crippen LogP contribution in [0.25, 0.3) is 16.8 Å². The van der Waals surface area contributed by atoms with Gasteiger partial charge in [-0.25, -0.2) is 0 Å². The van der Waals surface area contributed by atoms with Crippen molar-refractivity contribution in [3.63, 3.8) is 0 Å². The van der Waals surface area contributed by atoms with E-state index in [0.717, 1.165) is 17.2 Å². The molecular weight excluding hydrogens is 372 g/mol. The molecule has 1 fully saturated rings. The molecule has 0 saturated carbocycles. The summed E-state index contributed by atoms with van der Waals surface area (Å²) in [6.07, 6.45) is 3.99. The van der Waals surface area contributed by atoms with Crippen LogP contribution in [0.2, 0.25) is 0 Å². The fraction of sp³-hybridized carbons (Fsp3) is 0.227. The molecule has 2 amide bonds. The van der Waals surface area contributed by atoms with E-state index < -0.39 is 11.8 Å². The van der Waals surface area contributed by atoms with Crippen molar-refractivity contribution in [1.29, 1.82) is 0 Å². The first-order chi connectivity index (χ1) is 13.5. The number of nitrogens with zero attached hydrogens (tertiary/aromatic N) is 1. The Hall–Kier alpha value is -2.99. The third-order valence-corrected chi connectivity index (χ3v) is 4.94. The summed E-state index contributed by atoms with van der Waals surface area (Å²) >= 11 is 5.11. The maximum Gasteiger partial charge on any atom is 0.265 e. The second-order valence-corrected chi connectivity index (χ2v) is 6.94. The lowest BCUT2D eigenvalue weighted by Crippen LogP contribution is -2.53. The number of benzene rings is 2. The molecule has 0 radical (unpaired) electrons. The SMILES string of the molecule is C=CCN1C(=O)/C(=C/c2c(O[C@@H](C)CC)ccc3ccccc23)C(=O)NC1=S. The van der Waals surface area contributed by atoms with Crippen LogP contribution in [0.4, 0.5) is 0 Å². The van der Waals surface area contributed by atoms with E-state index in [1.165, 1.54) is 4.90 Å². The van der Waals surface area contributed by atoms with E-state index in [0.29, 0.717) is 11.3 Å². The molecule has 144 valence electrons. The van der Waals surface area contributed by atoms with E-state index in [1.54, 1.807) is 12.2 Å². The van der Waals surface area contributed by atoms with Gasteiger partial charge in [0.15, 0.2) is 5.11 Å². The summed E-state index contributed by atoms with van der Waals surface area (Å²) in [5.74, 6) is -0.335. The highest BCUT2D eigenvalue weighted by molar-refractivity contribution is 7.80. The topological polar surface area (TPSA) is 58.6 Å². The summed E-state index contributed by atoms with van der Waals surface area (Å²) in [6.45, 7) is 7.89.